The molecule has 6 nitrogen and oxygen atoms in total. The van der Waals surface area contributed by atoms with Crippen LogP contribution < -0.4 is 5.32 Å². The maximum Gasteiger partial charge on any atom is 0.308 e. The number of hydrogen-bond acceptors (Lipinski definition) is 3. The largest absolute Gasteiger partial charge is 0.481 e. The Morgan fingerprint density at radius 2 is 2.00 bits per heavy atom. The highest BCUT2D eigenvalue weighted by molar-refractivity contribution is 5.80. The molecule has 1 unspecified atom stereocenters. The maximum atomic E-state index is 12.2. The number of nitrogens with one attached hydrogen (secondary N) is 1. The highest BCUT2D eigenvalue weighted by Crippen LogP contribution is 2.13. The fourth-order valence-electron chi connectivity index (χ4n) is 2.90. The smallest absolute Gasteiger partial charge is 0.308 e. The summed E-state index contributed by atoms with van der Waals surface area (Å²) in [5.74, 6) is -1.74. The van der Waals surface area contributed by atoms with Crippen molar-refractivity contribution in [1.82, 2.24) is 15.1 Å². The van der Waals surface area contributed by atoms with Gasteiger partial charge in [-0.3, -0.25) is 14.3 Å². The minimum absolute atomic E-state index is 0.112. The van der Waals surface area contributed by atoms with Crippen LogP contribution in [-0.2, 0) is 29.5 Å². The molecule has 1 aromatic heterocycles. The molecule has 0 saturated heterocycles. The van der Waals surface area contributed by atoms with Gasteiger partial charge >= 0.3 is 5.97 Å². The molecule has 1 atom stereocenters. The lowest BCUT2D eigenvalue weighted by Crippen LogP contribution is -2.35. The molecule has 0 aliphatic carbocycles. The summed E-state index contributed by atoms with van der Waals surface area (Å²) in [6.45, 7) is 5.87. The van der Waals surface area contributed by atoms with Crippen molar-refractivity contribution in [1.29, 1.82) is 0 Å². The van der Waals surface area contributed by atoms with Gasteiger partial charge in [0.25, 0.3) is 0 Å². The van der Waals surface area contributed by atoms with E-state index in [0.29, 0.717) is 6.42 Å². The summed E-state index contributed by atoms with van der Waals surface area (Å²) in [6.07, 6.45) is 0.602. The van der Waals surface area contributed by atoms with E-state index in [0.717, 1.165) is 28.1 Å². The van der Waals surface area contributed by atoms with Crippen molar-refractivity contribution < 1.29 is 14.7 Å². The number of carbonyl (C=O) groups is 2. The van der Waals surface area contributed by atoms with E-state index in [1.54, 1.807) is 4.68 Å². The summed E-state index contributed by atoms with van der Waals surface area (Å²) in [5.41, 5.74) is 4.71. The van der Waals surface area contributed by atoms with Crippen LogP contribution in [0, 0.1) is 26.7 Å². The van der Waals surface area contributed by atoms with Crippen LogP contribution in [0.1, 0.15) is 28.1 Å². The number of carbonyl (C=O) groups excluding carboxylic acids is 1. The summed E-state index contributed by atoms with van der Waals surface area (Å²) in [7, 11) is 1.84. The van der Waals surface area contributed by atoms with E-state index in [1.165, 1.54) is 0 Å². The second-order valence-corrected chi connectivity index (χ2v) is 6.48. The highest BCUT2D eigenvalue weighted by atomic mass is 16.4. The van der Waals surface area contributed by atoms with Gasteiger partial charge in [-0.2, -0.15) is 5.10 Å². The number of carboxylic acids is 1. The molecule has 0 radical (unpaired) electrons. The van der Waals surface area contributed by atoms with Gasteiger partial charge in [0.2, 0.25) is 5.91 Å². The predicted octanol–water partition coefficient (Wildman–Crippen LogP) is 1.95. The molecule has 6 heteroatoms. The summed E-state index contributed by atoms with van der Waals surface area (Å²) in [4.78, 5) is 23.7. The van der Waals surface area contributed by atoms with Crippen LogP contribution in [-0.4, -0.2) is 33.3 Å². The van der Waals surface area contributed by atoms with Crippen LogP contribution in [0.15, 0.2) is 24.3 Å². The van der Waals surface area contributed by atoms with E-state index in [2.05, 4.69) is 10.4 Å². The standard InChI is InChI=1S/C19H25N3O3/c1-12-6-5-7-15(8-12)9-16(19(24)25)11-20-18(23)10-17-13(2)21-22(4)14(17)3/h5-8,16H,9-11H2,1-4H3,(H,20,23)(H,24,25). The van der Waals surface area contributed by atoms with Crippen molar-refractivity contribution in [2.75, 3.05) is 6.54 Å². The Labute approximate surface area is 147 Å². The van der Waals surface area contributed by atoms with Crippen LogP contribution in [0.4, 0.5) is 0 Å². The molecule has 0 aliphatic heterocycles. The Balaban J connectivity index is 1.96. The van der Waals surface area contributed by atoms with Gasteiger partial charge in [0.15, 0.2) is 0 Å². The van der Waals surface area contributed by atoms with Gasteiger partial charge in [-0.05, 0) is 32.8 Å². The summed E-state index contributed by atoms with van der Waals surface area (Å²) in [5, 5.41) is 16.5. The quantitative estimate of drug-likeness (QED) is 0.805. The molecule has 1 aromatic carbocycles. The SMILES string of the molecule is Cc1cccc(CC(CNC(=O)Cc2c(C)nn(C)c2C)C(=O)O)c1. The van der Waals surface area contributed by atoms with Crippen LogP contribution in [0.5, 0.6) is 0 Å². The van der Waals surface area contributed by atoms with Gasteiger partial charge in [0.1, 0.15) is 0 Å². The Hall–Kier alpha value is -2.63. The zero-order valence-electron chi connectivity index (χ0n) is 15.2. The number of rotatable bonds is 7. The first kappa shape index (κ1) is 18.7. The third-order valence-electron chi connectivity index (χ3n) is 4.46. The fourth-order valence-corrected chi connectivity index (χ4v) is 2.90. The monoisotopic (exact) mass is 343 g/mol. The molecule has 0 saturated carbocycles. The van der Waals surface area contributed by atoms with Gasteiger partial charge in [-0.1, -0.05) is 29.8 Å². The van der Waals surface area contributed by atoms with E-state index in [9.17, 15) is 14.7 Å². The van der Waals surface area contributed by atoms with Crippen LogP contribution in [0.25, 0.3) is 0 Å². The summed E-state index contributed by atoms with van der Waals surface area (Å²) >= 11 is 0. The molecular formula is C19H25N3O3. The first-order valence-corrected chi connectivity index (χ1v) is 8.32. The molecule has 134 valence electrons. The Morgan fingerprint density at radius 3 is 2.56 bits per heavy atom. The molecule has 1 heterocycles. The van der Waals surface area contributed by atoms with E-state index in [-0.39, 0.29) is 18.9 Å². The molecule has 0 aliphatic rings. The molecule has 0 fully saturated rings. The van der Waals surface area contributed by atoms with Crippen LogP contribution in [0.2, 0.25) is 0 Å². The van der Waals surface area contributed by atoms with Crippen LogP contribution in [0.3, 0.4) is 0 Å². The molecule has 1 amide bonds. The topological polar surface area (TPSA) is 84.2 Å². The van der Waals surface area contributed by atoms with Crippen molar-refractivity contribution in [2.24, 2.45) is 13.0 Å². The molecule has 2 aromatic rings. The van der Waals surface area contributed by atoms with Gasteiger partial charge in [-0.15, -0.1) is 0 Å². The molecule has 2 N–H and O–H groups in total. The van der Waals surface area contributed by atoms with Gasteiger partial charge in [0.05, 0.1) is 18.0 Å². The third kappa shape index (κ3) is 4.92. The van der Waals surface area contributed by atoms with Gasteiger partial charge in [-0.25, -0.2) is 0 Å². The van der Waals surface area contributed by atoms with Gasteiger partial charge in [0, 0.05) is 24.8 Å². The third-order valence-corrected chi connectivity index (χ3v) is 4.46. The van der Waals surface area contributed by atoms with Crippen LogP contribution >= 0.6 is 0 Å². The fraction of sp³-hybridized carbons (Fsp3) is 0.421. The number of aliphatic carboxylic acids is 1. The number of benzene rings is 1. The van der Waals surface area contributed by atoms with E-state index >= 15 is 0 Å². The Bertz CT molecular complexity index is 780. The van der Waals surface area contributed by atoms with Gasteiger partial charge < -0.3 is 10.4 Å². The molecule has 0 bridgehead atoms. The Kier molecular flexibility index (Phi) is 5.96. The highest BCUT2D eigenvalue weighted by Gasteiger charge is 2.20. The molecule has 25 heavy (non-hydrogen) atoms. The molecule has 0 spiro atoms. The number of nitrogens with zero attached hydrogens (tertiary/aromatic N) is 2. The lowest BCUT2D eigenvalue weighted by atomic mass is 9.98. The maximum absolute atomic E-state index is 12.2. The normalized spacial score (nSPS) is 12.0. The van der Waals surface area contributed by atoms with E-state index in [4.69, 9.17) is 0 Å². The average molecular weight is 343 g/mol. The van der Waals surface area contributed by atoms with Crippen molar-refractivity contribution in [3.8, 4) is 0 Å². The van der Waals surface area contributed by atoms with Crippen molar-refractivity contribution in [3.63, 3.8) is 0 Å². The van der Waals surface area contributed by atoms with Crippen molar-refractivity contribution in [3.05, 3.63) is 52.3 Å². The zero-order chi connectivity index (χ0) is 18.6. The summed E-state index contributed by atoms with van der Waals surface area (Å²) in [6, 6.07) is 7.77. The first-order chi connectivity index (χ1) is 11.8. The number of carboxylic acid groups (broad SMARTS) is 1. The predicted molar refractivity (Wildman–Crippen MR) is 95.4 cm³/mol. The molecular weight excluding hydrogens is 318 g/mol. The number of hydrogen-bond donors (Lipinski definition) is 2. The van der Waals surface area contributed by atoms with Crippen molar-refractivity contribution in [2.45, 2.75) is 33.6 Å². The number of aryl methyl sites for hydroxylation is 3. The lowest BCUT2D eigenvalue weighted by molar-refractivity contribution is -0.141. The minimum Gasteiger partial charge on any atom is -0.481 e. The van der Waals surface area contributed by atoms with E-state index < -0.39 is 11.9 Å². The Morgan fingerprint density at radius 1 is 1.28 bits per heavy atom. The second-order valence-electron chi connectivity index (χ2n) is 6.48. The lowest BCUT2D eigenvalue weighted by Gasteiger charge is -2.14. The summed E-state index contributed by atoms with van der Waals surface area (Å²) < 4.78 is 1.75. The second kappa shape index (κ2) is 7.96. The number of amides is 1. The molecule has 2 rings (SSSR count). The van der Waals surface area contributed by atoms with Crippen molar-refractivity contribution >= 4 is 11.9 Å². The minimum atomic E-state index is -0.907. The van der Waals surface area contributed by atoms with E-state index in [1.807, 2.05) is 52.1 Å². The first-order valence-electron chi connectivity index (χ1n) is 8.32. The average Bonchev–Trinajstić information content (AvgIpc) is 2.77. The number of aromatic nitrogens is 2. The zero-order valence-corrected chi connectivity index (χ0v) is 15.2.